The van der Waals surface area contributed by atoms with E-state index in [0.717, 1.165) is 6.07 Å². The molecule has 7 nitrogen and oxygen atoms in total. The van der Waals surface area contributed by atoms with Crippen molar-refractivity contribution in [2.45, 2.75) is 37.1 Å². The quantitative estimate of drug-likeness (QED) is 0.215. The fourth-order valence-electron chi connectivity index (χ4n) is 5.30. The number of nitrogens with zero attached hydrogens (tertiary/aromatic N) is 4. The molecule has 3 aromatic carbocycles. The van der Waals surface area contributed by atoms with Crippen molar-refractivity contribution in [3.63, 3.8) is 0 Å². The standard InChI is InChI=1S/C29H23F6N5O2/c1-40-15-37-39-25(40)21-10-19(30)5-6-20(21)17-3-2-4-18(9-17)26-38-23-8-16(7-22(24(23)42-26)29(33,34)35)11-36-14-27(41)12-28(31,32)13-27/h2-10,15,36,41H,11-14H2,1H3. The van der Waals surface area contributed by atoms with Crippen LogP contribution in [0.1, 0.15) is 24.0 Å². The third-order valence-electron chi connectivity index (χ3n) is 7.17. The van der Waals surface area contributed by atoms with Crippen molar-refractivity contribution in [3.8, 4) is 34.0 Å². The molecule has 42 heavy (non-hydrogen) atoms. The maximum Gasteiger partial charge on any atom is 0.420 e. The maximum atomic E-state index is 14.2. The number of nitrogens with one attached hydrogen (secondary N) is 1. The molecule has 2 N–H and O–H groups in total. The molecule has 2 aromatic heterocycles. The topological polar surface area (TPSA) is 89.0 Å². The molecule has 0 aliphatic heterocycles. The fourth-order valence-corrected chi connectivity index (χ4v) is 5.30. The average Bonchev–Trinajstić information content (AvgIpc) is 3.52. The molecule has 1 aliphatic rings. The second-order valence-electron chi connectivity index (χ2n) is 10.6. The van der Waals surface area contributed by atoms with Crippen LogP contribution in [0.2, 0.25) is 0 Å². The predicted octanol–water partition coefficient (Wildman–Crippen LogP) is 6.37. The first-order chi connectivity index (χ1) is 19.8. The van der Waals surface area contributed by atoms with Gasteiger partial charge in [0.2, 0.25) is 5.89 Å². The number of rotatable bonds is 7. The van der Waals surface area contributed by atoms with Crippen LogP contribution in [0.25, 0.3) is 45.1 Å². The van der Waals surface area contributed by atoms with Crippen molar-refractivity contribution < 1.29 is 35.9 Å². The van der Waals surface area contributed by atoms with Crippen LogP contribution in [-0.2, 0) is 19.8 Å². The van der Waals surface area contributed by atoms with E-state index in [2.05, 4.69) is 20.5 Å². The van der Waals surface area contributed by atoms with Gasteiger partial charge in [-0.25, -0.2) is 18.2 Å². The van der Waals surface area contributed by atoms with Gasteiger partial charge in [-0.2, -0.15) is 13.2 Å². The smallest absolute Gasteiger partial charge is 0.420 e. The molecule has 0 saturated heterocycles. The summed E-state index contributed by atoms with van der Waals surface area (Å²) in [5.74, 6) is -3.06. The van der Waals surface area contributed by atoms with Crippen LogP contribution >= 0.6 is 0 Å². The Morgan fingerprint density at radius 3 is 2.48 bits per heavy atom. The number of aliphatic hydroxyl groups is 1. The second kappa shape index (κ2) is 9.95. The first-order valence-electron chi connectivity index (χ1n) is 12.9. The third-order valence-corrected chi connectivity index (χ3v) is 7.17. The Morgan fingerprint density at radius 1 is 1.02 bits per heavy atom. The molecule has 5 aromatic rings. The number of oxazole rings is 1. The van der Waals surface area contributed by atoms with E-state index in [0.29, 0.717) is 28.1 Å². The predicted molar refractivity (Wildman–Crippen MR) is 141 cm³/mol. The van der Waals surface area contributed by atoms with Crippen molar-refractivity contribution in [2.24, 2.45) is 7.05 Å². The van der Waals surface area contributed by atoms with Crippen LogP contribution < -0.4 is 5.32 Å². The first-order valence-corrected chi connectivity index (χ1v) is 12.9. The van der Waals surface area contributed by atoms with Crippen molar-refractivity contribution in [1.82, 2.24) is 25.1 Å². The number of halogens is 6. The number of aromatic nitrogens is 4. The molecule has 13 heteroatoms. The Morgan fingerprint density at radius 2 is 1.79 bits per heavy atom. The largest absolute Gasteiger partial charge is 0.435 e. The van der Waals surface area contributed by atoms with Crippen LogP contribution in [0.5, 0.6) is 0 Å². The molecular weight excluding hydrogens is 564 g/mol. The molecule has 0 unspecified atom stereocenters. The van der Waals surface area contributed by atoms with Gasteiger partial charge in [0, 0.05) is 44.1 Å². The number of fused-ring (bicyclic) bond motifs is 1. The summed E-state index contributed by atoms with van der Waals surface area (Å²) in [6.07, 6.45) is -4.69. The molecule has 218 valence electrons. The fraction of sp³-hybridized carbons (Fsp3) is 0.276. The van der Waals surface area contributed by atoms with Crippen LogP contribution in [-0.4, -0.2) is 42.9 Å². The summed E-state index contributed by atoms with van der Waals surface area (Å²) in [5, 5.41) is 20.8. The molecule has 0 spiro atoms. The van der Waals surface area contributed by atoms with Crippen molar-refractivity contribution in [3.05, 3.63) is 77.9 Å². The van der Waals surface area contributed by atoms with Crippen molar-refractivity contribution in [1.29, 1.82) is 0 Å². The number of aryl methyl sites for hydroxylation is 1. The zero-order valence-electron chi connectivity index (χ0n) is 22.0. The summed E-state index contributed by atoms with van der Waals surface area (Å²) in [7, 11) is 1.72. The Balaban J connectivity index is 1.34. The van der Waals surface area contributed by atoms with Gasteiger partial charge in [-0.3, -0.25) is 0 Å². The van der Waals surface area contributed by atoms with Gasteiger partial charge < -0.3 is 19.4 Å². The van der Waals surface area contributed by atoms with Crippen molar-refractivity contribution >= 4 is 11.1 Å². The summed E-state index contributed by atoms with van der Waals surface area (Å²) >= 11 is 0. The van der Waals surface area contributed by atoms with E-state index in [1.165, 1.54) is 24.5 Å². The SMILES string of the molecule is Cn1cnnc1-c1cc(F)ccc1-c1cccc(-c2nc3cc(CNCC4(O)CC(F)(F)C4)cc(C(F)(F)F)c3o2)c1. The summed E-state index contributed by atoms with van der Waals surface area (Å²) in [6, 6.07) is 13.3. The van der Waals surface area contributed by atoms with Gasteiger partial charge in [0.25, 0.3) is 5.92 Å². The van der Waals surface area contributed by atoms with Gasteiger partial charge in [-0.05, 0) is 53.1 Å². The summed E-state index contributed by atoms with van der Waals surface area (Å²) in [5.41, 5.74) is -0.864. The van der Waals surface area contributed by atoms with E-state index in [-0.39, 0.29) is 30.1 Å². The lowest BCUT2D eigenvalue weighted by Crippen LogP contribution is -2.56. The van der Waals surface area contributed by atoms with E-state index < -0.39 is 47.5 Å². The Kier molecular flexibility index (Phi) is 6.61. The zero-order valence-corrected chi connectivity index (χ0v) is 22.0. The molecule has 0 radical (unpaired) electrons. The van der Waals surface area contributed by atoms with Crippen LogP contribution in [0.3, 0.4) is 0 Å². The molecule has 6 rings (SSSR count). The van der Waals surface area contributed by atoms with Crippen LogP contribution in [0, 0.1) is 5.82 Å². The highest BCUT2D eigenvalue weighted by atomic mass is 19.4. The number of hydrogen-bond acceptors (Lipinski definition) is 6. The van der Waals surface area contributed by atoms with Crippen LogP contribution in [0.4, 0.5) is 26.3 Å². The zero-order chi connectivity index (χ0) is 29.9. The molecule has 1 aliphatic carbocycles. The Labute approximate surface area is 234 Å². The summed E-state index contributed by atoms with van der Waals surface area (Å²) in [6.45, 7) is -0.307. The molecule has 0 amide bonds. The maximum absolute atomic E-state index is 14.2. The van der Waals surface area contributed by atoms with E-state index in [4.69, 9.17) is 4.42 Å². The van der Waals surface area contributed by atoms with Gasteiger partial charge in [0.15, 0.2) is 11.4 Å². The molecule has 1 saturated carbocycles. The molecule has 1 fully saturated rings. The Hall–Kier alpha value is -4.23. The molecule has 0 bridgehead atoms. The lowest BCUT2D eigenvalue weighted by molar-refractivity contribution is -0.202. The van der Waals surface area contributed by atoms with Gasteiger partial charge in [0.05, 0.1) is 5.60 Å². The first kappa shape index (κ1) is 27.9. The van der Waals surface area contributed by atoms with E-state index >= 15 is 0 Å². The number of hydrogen-bond donors (Lipinski definition) is 2. The third kappa shape index (κ3) is 5.37. The van der Waals surface area contributed by atoms with E-state index in [9.17, 15) is 31.4 Å². The normalized spacial score (nSPS) is 16.1. The Bertz CT molecular complexity index is 1790. The monoisotopic (exact) mass is 587 g/mol. The minimum absolute atomic E-state index is 0.0440. The van der Waals surface area contributed by atoms with E-state index in [1.54, 1.807) is 41.9 Å². The number of alkyl halides is 5. The minimum atomic E-state index is -4.76. The van der Waals surface area contributed by atoms with Gasteiger partial charge in [-0.15, -0.1) is 10.2 Å². The number of benzene rings is 3. The second-order valence-corrected chi connectivity index (χ2v) is 10.6. The van der Waals surface area contributed by atoms with E-state index in [1.807, 2.05) is 0 Å². The van der Waals surface area contributed by atoms with Gasteiger partial charge in [-0.1, -0.05) is 18.2 Å². The highest BCUT2D eigenvalue weighted by Crippen LogP contribution is 2.45. The van der Waals surface area contributed by atoms with Gasteiger partial charge in [0.1, 0.15) is 23.2 Å². The molecule has 2 heterocycles. The van der Waals surface area contributed by atoms with Crippen molar-refractivity contribution in [2.75, 3.05) is 6.54 Å². The highest BCUT2D eigenvalue weighted by molar-refractivity contribution is 5.84. The molecular formula is C29H23F6N5O2. The highest BCUT2D eigenvalue weighted by Gasteiger charge is 2.55. The van der Waals surface area contributed by atoms with Gasteiger partial charge >= 0.3 is 6.18 Å². The lowest BCUT2D eigenvalue weighted by Gasteiger charge is -2.43. The summed E-state index contributed by atoms with van der Waals surface area (Å²) < 4.78 is 89.9. The average molecular weight is 588 g/mol. The van der Waals surface area contributed by atoms with Crippen LogP contribution in [0.15, 0.2) is 65.3 Å². The lowest BCUT2D eigenvalue weighted by atomic mass is 9.76. The summed E-state index contributed by atoms with van der Waals surface area (Å²) in [4.78, 5) is 4.33. The minimum Gasteiger partial charge on any atom is -0.435 e. The molecule has 0 atom stereocenters.